The number of hydrogen-bond acceptors (Lipinski definition) is 9. The third-order valence-electron chi connectivity index (χ3n) is 3.20. The Labute approximate surface area is 183 Å². The number of aromatic nitrogens is 2. The Balaban J connectivity index is 2.32. The van der Waals surface area contributed by atoms with E-state index < -0.39 is 0 Å². The Morgan fingerprint density at radius 2 is 1.34 bits per heavy atom. The molecule has 8 nitrogen and oxygen atoms in total. The summed E-state index contributed by atoms with van der Waals surface area (Å²) in [6.07, 6.45) is 6.80. The van der Waals surface area contributed by atoms with Crippen molar-refractivity contribution in [1.29, 1.82) is 0 Å². The highest BCUT2D eigenvalue weighted by Crippen LogP contribution is 2.28. The Morgan fingerprint density at radius 1 is 0.931 bits per heavy atom. The average molecular weight is 455 g/mol. The summed E-state index contributed by atoms with van der Waals surface area (Å²) in [7, 11) is 0. The molecule has 29 heavy (non-hydrogen) atoms. The van der Waals surface area contributed by atoms with Crippen LogP contribution in [0.25, 0.3) is 0 Å². The molecule has 0 aliphatic heterocycles. The molecule has 0 aromatic carbocycles. The number of rotatable bonds is 14. The maximum atomic E-state index is 11.8. The molecule has 0 aliphatic rings. The molecule has 0 aliphatic carbocycles. The summed E-state index contributed by atoms with van der Waals surface area (Å²) in [5.74, 6) is -0.0316. The first-order chi connectivity index (χ1) is 13.9. The lowest BCUT2D eigenvalue weighted by molar-refractivity contribution is -0.119. The van der Waals surface area contributed by atoms with E-state index in [0.717, 1.165) is 37.1 Å². The number of allylic oxidation sites excluding steroid dienone is 2. The number of carbonyl (C=O) groups excluding carboxylic acids is 2. The fourth-order valence-electron chi connectivity index (χ4n) is 1.68. The highest BCUT2D eigenvalue weighted by molar-refractivity contribution is 8.03. The number of carbonyl (C=O) groups is 2. The van der Waals surface area contributed by atoms with Crippen LogP contribution >= 0.6 is 34.9 Å². The highest BCUT2D eigenvalue weighted by atomic mass is 32.2. The molecule has 1 rings (SSSR count). The second-order valence-electron chi connectivity index (χ2n) is 5.83. The third kappa shape index (κ3) is 12.2. The molecule has 0 spiro atoms. The lowest BCUT2D eigenvalue weighted by atomic mass is 10.2. The minimum atomic E-state index is -0.207. The Hall–Kier alpha value is -1.98. The van der Waals surface area contributed by atoms with Crippen LogP contribution < -0.4 is 10.9 Å². The summed E-state index contributed by atoms with van der Waals surface area (Å²) in [5, 5.41) is 16.1. The zero-order valence-electron chi connectivity index (χ0n) is 16.6. The molecule has 1 aromatic rings. The van der Waals surface area contributed by atoms with Gasteiger partial charge in [0.2, 0.25) is 0 Å². The zero-order chi connectivity index (χ0) is 21.5. The Bertz CT molecular complexity index is 700. The van der Waals surface area contributed by atoms with E-state index in [1.54, 1.807) is 0 Å². The number of hydrazone groups is 2. The van der Waals surface area contributed by atoms with Gasteiger partial charge in [-0.15, -0.1) is 23.4 Å². The maximum absolute atomic E-state index is 11.8. The minimum absolute atomic E-state index is 0.191. The van der Waals surface area contributed by atoms with Gasteiger partial charge < -0.3 is 0 Å². The minimum Gasteiger partial charge on any atom is -0.272 e. The molecule has 0 bridgehead atoms. The molecule has 0 saturated carbocycles. The number of hydrogen-bond donors (Lipinski definition) is 2. The van der Waals surface area contributed by atoms with Gasteiger partial charge in [0.05, 0.1) is 11.5 Å². The van der Waals surface area contributed by atoms with E-state index in [2.05, 4.69) is 44.4 Å². The van der Waals surface area contributed by atoms with E-state index >= 15 is 0 Å². The first-order valence-corrected chi connectivity index (χ1v) is 11.7. The van der Waals surface area contributed by atoms with Gasteiger partial charge >= 0.3 is 0 Å². The standard InChI is InChI=1S/C18H26N6O2S3/c1-5-7-9-13(3)19-21-15(25)11-27-17-23-24-18(29-17)28-12-16(26)22-20-14(4)10-8-6-2/h5-6H,1-2,7-12H2,3-4H3,(H,21,25)(H,22,26)/b19-13-,20-14-. The van der Waals surface area contributed by atoms with Crippen molar-refractivity contribution in [3.05, 3.63) is 25.3 Å². The zero-order valence-corrected chi connectivity index (χ0v) is 19.1. The van der Waals surface area contributed by atoms with E-state index in [4.69, 9.17) is 0 Å². The number of nitrogens with one attached hydrogen (secondary N) is 2. The fraction of sp³-hybridized carbons (Fsp3) is 0.444. The van der Waals surface area contributed by atoms with Crippen molar-refractivity contribution in [3.8, 4) is 0 Å². The second-order valence-corrected chi connectivity index (χ2v) is 9.25. The molecule has 0 unspecified atom stereocenters. The van der Waals surface area contributed by atoms with Crippen LogP contribution in [0.1, 0.15) is 39.5 Å². The summed E-state index contributed by atoms with van der Waals surface area (Å²) < 4.78 is 1.32. The monoisotopic (exact) mass is 454 g/mol. The van der Waals surface area contributed by atoms with Crippen LogP contribution in [-0.2, 0) is 9.59 Å². The molecule has 0 fully saturated rings. The first-order valence-electron chi connectivity index (χ1n) is 8.89. The van der Waals surface area contributed by atoms with Gasteiger partial charge in [0.1, 0.15) is 0 Å². The lowest BCUT2D eigenvalue weighted by Gasteiger charge is -2.00. The van der Waals surface area contributed by atoms with E-state index in [1.165, 1.54) is 34.9 Å². The van der Waals surface area contributed by atoms with E-state index in [0.29, 0.717) is 8.68 Å². The van der Waals surface area contributed by atoms with Crippen molar-refractivity contribution >= 4 is 58.1 Å². The number of amides is 2. The van der Waals surface area contributed by atoms with Gasteiger partial charge in [-0.05, 0) is 39.5 Å². The van der Waals surface area contributed by atoms with Crippen LogP contribution in [0.4, 0.5) is 0 Å². The van der Waals surface area contributed by atoms with Crippen LogP contribution in [-0.4, -0.2) is 44.9 Å². The summed E-state index contributed by atoms with van der Waals surface area (Å²) in [4.78, 5) is 23.7. The van der Waals surface area contributed by atoms with Crippen molar-refractivity contribution < 1.29 is 9.59 Å². The molecule has 11 heteroatoms. The highest BCUT2D eigenvalue weighted by Gasteiger charge is 2.10. The quantitative estimate of drug-likeness (QED) is 0.192. The van der Waals surface area contributed by atoms with Gasteiger partial charge in [-0.25, -0.2) is 10.9 Å². The van der Waals surface area contributed by atoms with Crippen molar-refractivity contribution in [1.82, 2.24) is 21.0 Å². The lowest BCUT2D eigenvalue weighted by Crippen LogP contribution is -2.20. The predicted octanol–water partition coefficient (Wildman–Crippen LogP) is 3.64. The third-order valence-corrected chi connectivity index (χ3v) is 6.39. The summed E-state index contributed by atoms with van der Waals surface area (Å²) >= 11 is 3.89. The Morgan fingerprint density at radius 3 is 1.72 bits per heavy atom. The van der Waals surface area contributed by atoms with E-state index in [-0.39, 0.29) is 23.3 Å². The second kappa shape index (κ2) is 14.9. The summed E-state index contributed by atoms with van der Waals surface area (Å²) in [6.45, 7) is 11.0. The van der Waals surface area contributed by atoms with Crippen molar-refractivity contribution in [2.24, 2.45) is 10.2 Å². The number of nitrogens with zero attached hydrogens (tertiary/aromatic N) is 4. The van der Waals surface area contributed by atoms with Gasteiger partial charge in [-0.2, -0.15) is 10.2 Å². The topological polar surface area (TPSA) is 109 Å². The van der Waals surface area contributed by atoms with Crippen molar-refractivity contribution in [2.45, 2.75) is 48.2 Å². The molecule has 158 valence electrons. The smallest absolute Gasteiger partial charge is 0.250 e. The van der Waals surface area contributed by atoms with E-state index in [1.807, 2.05) is 26.0 Å². The van der Waals surface area contributed by atoms with Crippen molar-refractivity contribution in [3.63, 3.8) is 0 Å². The van der Waals surface area contributed by atoms with Gasteiger partial charge in [0.15, 0.2) is 8.68 Å². The predicted molar refractivity (Wildman–Crippen MR) is 123 cm³/mol. The number of thioether (sulfide) groups is 2. The van der Waals surface area contributed by atoms with Gasteiger partial charge in [-0.1, -0.05) is 47.0 Å². The molecule has 2 amide bonds. The Kier molecular flexibility index (Phi) is 12.9. The van der Waals surface area contributed by atoms with Gasteiger partial charge in [-0.3, -0.25) is 9.59 Å². The van der Waals surface area contributed by atoms with Crippen LogP contribution in [0, 0.1) is 0 Å². The largest absolute Gasteiger partial charge is 0.272 e. The molecule has 1 aromatic heterocycles. The molecular weight excluding hydrogens is 428 g/mol. The van der Waals surface area contributed by atoms with E-state index in [9.17, 15) is 9.59 Å². The molecule has 1 heterocycles. The normalized spacial score (nSPS) is 11.8. The SMILES string of the molecule is C=CCC/C(C)=N\NC(=O)CSc1nnc(SCC(=O)N/N=C(/C)CCC=C)s1. The fourth-order valence-corrected chi connectivity index (χ4v) is 4.29. The average Bonchev–Trinajstić information content (AvgIpc) is 3.18. The maximum Gasteiger partial charge on any atom is 0.250 e. The molecule has 0 saturated heterocycles. The van der Waals surface area contributed by atoms with Crippen molar-refractivity contribution in [2.75, 3.05) is 11.5 Å². The molecule has 2 N–H and O–H groups in total. The van der Waals surface area contributed by atoms with Crippen LogP contribution in [0.2, 0.25) is 0 Å². The van der Waals surface area contributed by atoms with Gasteiger partial charge in [0.25, 0.3) is 11.8 Å². The molecular formula is C18H26N6O2S3. The summed E-state index contributed by atoms with van der Waals surface area (Å²) in [6, 6.07) is 0. The summed E-state index contributed by atoms with van der Waals surface area (Å²) in [5.41, 5.74) is 6.72. The molecule has 0 radical (unpaired) electrons. The van der Waals surface area contributed by atoms with Gasteiger partial charge in [0, 0.05) is 11.4 Å². The molecule has 0 atom stereocenters. The van der Waals surface area contributed by atoms with Crippen LogP contribution in [0.15, 0.2) is 44.2 Å². The van der Waals surface area contributed by atoms with Crippen LogP contribution in [0.5, 0.6) is 0 Å². The van der Waals surface area contributed by atoms with Crippen LogP contribution in [0.3, 0.4) is 0 Å². The first kappa shape index (κ1) is 25.1.